The van der Waals surface area contributed by atoms with Crippen LogP contribution in [0.4, 0.5) is 14.5 Å². The number of rotatable bonds is 3. The van der Waals surface area contributed by atoms with Crippen LogP contribution in [0.15, 0.2) is 40.9 Å². The van der Waals surface area contributed by atoms with Gasteiger partial charge in [0, 0.05) is 22.8 Å². The first-order chi connectivity index (χ1) is 8.54. The highest BCUT2D eigenvalue weighted by Gasteiger charge is 2.03. The quantitative estimate of drug-likeness (QED) is 0.870. The molecule has 4 heteroatoms. The van der Waals surface area contributed by atoms with Crippen molar-refractivity contribution in [2.75, 3.05) is 5.32 Å². The fourth-order valence-electron chi connectivity index (χ4n) is 1.67. The first kappa shape index (κ1) is 13.0. The second kappa shape index (κ2) is 5.48. The summed E-state index contributed by atoms with van der Waals surface area (Å²) in [6.45, 7) is 2.37. The molecule has 2 aromatic rings. The SMILES string of the molecule is Cc1ccc(NCc2cc(F)cc(F)c2)c(Br)c1. The fourth-order valence-corrected chi connectivity index (χ4v) is 2.31. The summed E-state index contributed by atoms with van der Waals surface area (Å²) in [5, 5.41) is 3.13. The summed E-state index contributed by atoms with van der Waals surface area (Å²) in [6, 6.07) is 9.38. The molecule has 0 amide bonds. The second-order valence-electron chi connectivity index (χ2n) is 4.11. The maximum absolute atomic E-state index is 13.0. The van der Waals surface area contributed by atoms with Crippen molar-refractivity contribution in [3.05, 3.63) is 63.6 Å². The van der Waals surface area contributed by atoms with Gasteiger partial charge >= 0.3 is 0 Å². The zero-order valence-electron chi connectivity index (χ0n) is 9.81. The number of hydrogen-bond acceptors (Lipinski definition) is 1. The third-order valence-corrected chi connectivity index (χ3v) is 3.19. The van der Waals surface area contributed by atoms with E-state index in [-0.39, 0.29) is 0 Å². The molecule has 18 heavy (non-hydrogen) atoms. The largest absolute Gasteiger partial charge is 0.380 e. The number of anilines is 1. The van der Waals surface area contributed by atoms with Crippen molar-refractivity contribution in [3.8, 4) is 0 Å². The van der Waals surface area contributed by atoms with Gasteiger partial charge in [-0.1, -0.05) is 6.07 Å². The lowest BCUT2D eigenvalue weighted by molar-refractivity contribution is 0.580. The first-order valence-corrected chi connectivity index (χ1v) is 6.29. The van der Waals surface area contributed by atoms with E-state index in [1.54, 1.807) is 0 Å². The summed E-state index contributed by atoms with van der Waals surface area (Å²) in [4.78, 5) is 0. The van der Waals surface area contributed by atoms with Gasteiger partial charge in [0.15, 0.2) is 0 Å². The van der Waals surface area contributed by atoms with E-state index in [9.17, 15) is 8.78 Å². The highest BCUT2D eigenvalue weighted by Crippen LogP contribution is 2.24. The first-order valence-electron chi connectivity index (χ1n) is 5.49. The maximum Gasteiger partial charge on any atom is 0.126 e. The van der Waals surface area contributed by atoms with Crippen molar-refractivity contribution in [3.63, 3.8) is 0 Å². The Bertz CT molecular complexity index is 549. The van der Waals surface area contributed by atoms with E-state index >= 15 is 0 Å². The maximum atomic E-state index is 13.0. The smallest absolute Gasteiger partial charge is 0.126 e. The van der Waals surface area contributed by atoms with Gasteiger partial charge in [-0.2, -0.15) is 0 Å². The highest BCUT2D eigenvalue weighted by atomic mass is 79.9. The van der Waals surface area contributed by atoms with Crippen LogP contribution in [0.2, 0.25) is 0 Å². The van der Waals surface area contributed by atoms with Gasteiger partial charge in [0.25, 0.3) is 0 Å². The van der Waals surface area contributed by atoms with Crippen LogP contribution in [0.3, 0.4) is 0 Å². The predicted molar refractivity (Wildman–Crippen MR) is 72.6 cm³/mol. The molecule has 0 spiro atoms. The van der Waals surface area contributed by atoms with Gasteiger partial charge in [0.05, 0.1) is 0 Å². The number of aryl methyl sites for hydroxylation is 1. The minimum Gasteiger partial charge on any atom is -0.380 e. The molecule has 0 aliphatic heterocycles. The molecule has 94 valence electrons. The van der Waals surface area contributed by atoms with Gasteiger partial charge < -0.3 is 5.32 Å². The normalized spacial score (nSPS) is 10.4. The Kier molecular flexibility index (Phi) is 3.97. The van der Waals surface area contributed by atoms with Gasteiger partial charge in [0.1, 0.15) is 11.6 Å². The molecule has 1 N–H and O–H groups in total. The average molecular weight is 312 g/mol. The van der Waals surface area contributed by atoms with Gasteiger partial charge in [0.2, 0.25) is 0 Å². The number of halogens is 3. The van der Waals surface area contributed by atoms with Crippen molar-refractivity contribution in [2.45, 2.75) is 13.5 Å². The molecule has 0 radical (unpaired) electrons. The fraction of sp³-hybridized carbons (Fsp3) is 0.143. The molecule has 0 saturated heterocycles. The number of nitrogens with one attached hydrogen (secondary N) is 1. The number of benzene rings is 2. The Morgan fingerprint density at radius 1 is 1.06 bits per heavy atom. The zero-order chi connectivity index (χ0) is 13.1. The zero-order valence-corrected chi connectivity index (χ0v) is 11.4. The summed E-state index contributed by atoms with van der Waals surface area (Å²) in [5.74, 6) is -1.12. The van der Waals surface area contributed by atoms with Crippen molar-refractivity contribution in [1.29, 1.82) is 0 Å². The molecule has 0 bridgehead atoms. The van der Waals surface area contributed by atoms with E-state index < -0.39 is 11.6 Å². The van der Waals surface area contributed by atoms with Crippen LogP contribution in [-0.2, 0) is 6.54 Å². The van der Waals surface area contributed by atoms with Crippen molar-refractivity contribution >= 4 is 21.6 Å². The van der Waals surface area contributed by atoms with E-state index in [0.717, 1.165) is 21.8 Å². The Balaban J connectivity index is 2.11. The van der Waals surface area contributed by atoms with Gasteiger partial charge in [-0.15, -0.1) is 0 Å². The molecular formula is C14H12BrF2N. The second-order valence-corrected chi connectivity index (χ2v) is 4.97. The third-order valence-electron chi connectivity index (χ3n) is 2.53. The Morgan fingerprint density at radius 2 is 1.72 bits per heavy atom. The van der Waals surface area contributed by atoms with Crippen LogP contribution < -0.4 is 5.32 Å². The molecule has 0 atom stereocenters. The lowest BCUT2D eigenvalue weighted by atomic mass is 10.2. The molecule has 0 fully saturated rings. The van der Waals surface area contributed by atoms with E-state index in [1.807, 2.05) is 25.1 Å². The monoisotopic (exact) mass is 311 g/mol. The summed E-state index contributed by atoms with van der Waals surface area (Å²) in [7, 11) is 0. The Morgan fingerprint density at radius 3 is 2.33 bits per heavy atom. The lowest BCUT2D eigenvalue weighted by Gasteiger charge is -2.09. The molecule has 0 aliphatic rings. The van der Waals surface area contributed by atoms with Gasteiger partial charge in [-0.3, -0.25) is 0 Å². The average Bonchev–Trinajstić information content (AvgIpc) is 2.26. The topological polar surface area (TPSA) is 12.0 Å². The van der Waals surface area contributed by atoms with E-state index in [2.05, 4.69) is 21.2 Å². The molecule has 0 aromatic heterocycles. The molecule has 0 unspecified atom stereocenters. The standard InChI is InChI=1S/C14H12BrF2N/c1-9-2-3-14(13(15)4-9)18-8-10-5-11(16)7-12(17)6-10/h2-7,18H,8H2,1H3. The molecule has 0 aliphatic carbocycles. The van der Waals surface area contributed by atoms with Crippen molar-refractivity contribution in [1.82, 2.24) is 0 Å². The van der Waals surface area contributed by atoms with E-state index in [0.29, 0.717) is 12.1 Å². The van der Waals surface area contributed by atoms with Crippen LogP contribution in [0.25, 0.3) is 0 Å². The van der Waals surface area contributed by atoms with Gasteiger partial charge in [-0.05, 0) is 58.2 Å². The summed E-state index contributed by atoms with van der Waals surface area (Å²) < 4.78 is 26.9. The molecule has 2 rings (SSSR count). The molecule has 2 aromatic carbocycles. The number of hydrogen-bond donors (Lipinski definition) is 1. The van der Waals surface area contributed by atoms with Crippen molar-refractivity contribution < 1.29 is 8.78 Å². The molecule has 1 nitrogen and oxygen atoms in total. The van der Waals surface area contributed by atoms with Crippen LogP contribution in [-0.4, -0.2) is 0 Å². The summed E-state index contributed by atoms with van der Waals surface area (Å²) >= 11 is 3.44. The summed E-state index contributed by atoms with van der Waals surface area (Å²) in [5.41, 5.74) is 2.61. The Hall–Kier alpha value is -1.42. The molecule has 0 heterocycles. The minimum absolute atomic E-state index is 0.371. The van der Waals surface area contributed by atoms with Crippen LogP contribution in [0, 0.1) is 18.6 Å². The van der Waals surface area contributed by atoms with Crippen LogP contribution >= 0.6 is 15.9 Å². The van der Waals surface area contributed by atoms with Crippen molar-refractivity contribution in [2.24, 2.45) is 0 Å². The van der Waals surface area contributed by atoms with Gasteiger partial charge in [-0.25, -0.2) is 8.78 Å². The molecule has 0 saturated carbocycles. The lowest BCUT2D eigenvalue weighted by Crippen LogP contribution is -2.01. The highest BCUT2D eigenvalue weighted by molar-refractivity contribution is 9.10. The predicted octanol–water partition coefficient (Wildman–Crippen LogP) is 4.65. The Labute approximate surface area is 113 Å². The van der Waals surface area contributed by atoms with E-state index in [4.69, 9.17) is 0 Å². The third kappa shape index (κ3) is 3.29. The van der Waals surface area contributed by atoms with E-state index in [1.165, 1.54) is 12.1 Å². The van der Waals surface area contributed by atoms with Crippen LogP contribution in [0.1, 0.15) is 11.1 Å². The summed E-state index contributed by atoms with van der Waals surface area (Å²) in [6.07, 6.45) is 0. The molecular weight excluding hydrogens is 300 g/mol. The van der Waals surface area contributed by atoms with Crippen LogP contribution in [0.5, 0.6) is 0 Å². The minimum atomic E-state index is -0.560.